The minimum Gasteiger partial charge on any atom is -0.484 e. The minimum absolute atomic E-state index is 0.00452. The van der Waals surface area contributed by atoms with Gasteiger partial charge < -0.3 is 9.64 Å². The lowest BCUT2D eigenvalue weighted by atomic mass is 10.1. The maximum atomic E-state index is 12.4. The summed E-state index contributed by atoms with van der Waals surface area (Å²) < 4.78 is 5.57. The van der Waals surface area contributed by atoms with Crippen LogP contribution in [-0.4, -0.2) is 60.8 Å². The van der Waals surface area contributed by atoms with Crippen molar-refractivity contribution in [2.24, 2.45) is 0 Å². The molecule has 1 heterocycles. The molecule has 146 valence electrons. The Labute approximate surface area is 166 Å². The summed E-state index contributed by atoms with van der Waals surface area (Å²) in [4.78, 5) is 27.8. The molecule has 3 rings (SSSR count). The molecule has 28 heavy (non-hydrogen) atoms. The van der Waals surface area contributed by atoms with Gasteiger partial charge >= 0.3 is 0 Å². The summed E-state index contributed by atoms with van der Waals surface area (Å²) in [5.74, 6) is 0.609. The van der Waals surface area contributed by atoms with Crippen molar-refractivity contribution in [2.75, 3.05) is 39.3 Å². The number of ketones is 1. The van der Waals surface area contributed by atoms with Gasteiger partial charge in [0.2, 0.25) is 0 Å². The molecule has 1 saturated heterocycles. The summed E-state index contributed by atoms with van der Waals surface area (Å²) >= 11 is 0. The number of hydrogen-bond acceptors (Lipinski definition) is 4. The second-order valence-corrected chi connectivity index (χ2v) is 6.86. The van der Waals surface area contributed by atoms with Crippen LogP contribution in [0.25, 0.3) is 6.08 Å². The van der Waals surface area contributed by atoms with Crippen molar-refractivity contribution in [2.45, 2.75) is 6.92 Å². The fraction of sp³-hybridized carbons (Fsp3) is 0.304. The van der Waals surface area contributed by atoms with Crippen LogP contribution in [-0.2, 0) is 4.79 Å². The van der Waals surface area contributed by atoms with Gasteiger partial charge in [0.15, 0.2) is 12.4 Å². The van der Waals surface area contributed by atoms with Gasteiger partial charge in [-0.25, -0.2) is 0 Å². The molecule has 2 aromatic rings. The number of ether oxygens (including phenoxy) is 1. The third-order valence-corrected chi connectivity index (χ3v) is 4.82. The zero-order valence-electron chi connectivity index (χ0n) is 16.2. The first-order valence-corrected chi connectivity index (χ1v) is 9.57. The molecular weight excluding hydrogens is 352 g/mol. The van der Waals surface area contributed by atoms with Gasteiger partial charge in [-0.15, -0.1) is 0 Å². The average Bonchev–Trinajstić information content (AvgIpc) is 2.73. The number of carbonyl (C=O) groups excluding carboxylic acids is 2. The Balaban J connectivity index is 1.38. The molecular formula is C23H26N2O3. The molecule has 0 aromatic heterocycles. The molecule has 0 saturated carbocycles. The Hall–Kier alpha value is -2.92. The molecule has 2 aromatic carbocycles. The van der Waals surface area contributed by atoms with Crippen LogP contribution in [0.3, 0.4) is 0 Å². The van der Waals surface area contributed by atoms with E-state index in [1.54, 1.807) is 24.3 Å². The Morgan fingerprint density at radius 2 is 1.64 bits per heavy atom. The third-order valence-electron chi connectivity index (χ3n) is 4.82. The molecule has 0 atom stereocenters. The Bertz CT molecular complexity index is 808. The van der Waals surface area contributed by atoms with E-state index in [-0.39, 0.29) is 18.3 Å². The van der Waals surface area contributed by atoms with Crippen molar-refractivity contribution in [3.8, 4) is 5.75 Å². The second kappa shape index (κ2) is 9.85. The molecule has 1 aliphatic heterocycles. The van der Waals surface area contributed by atoms with Gasteiger partial charge in [-0.1, -0.05) is 42.5 Å². The van der Waals surface area contributed by atoms with E-state index in [1.807, 2.05) is 23.1 Å². The Morgan fingerprint density at radius 1 is 0.964 bits per heavy atom. The lowest BCUT2D eigenvalue weighted by Crippen LogP contribution is -2.49. The number of nitrogens with zero attached hydrogens (tertiary/aromatic N) is 2. The number of hydrogen-bond donors (Lipinski definition) is 0. The lowest BCUT2D eigenvalue weighted by Gasteiger charge is -2.34. The van der Waals surface area contributed by atoms with Crippen molar-refractivity contribution in [3.63, 3.8) is 0 Å². The third kappa shape index (κ3) is 5.79. The highest BCUT2D eigenvalue weighted by molar-refractivity contribution is 5.94. The van der Waals surface area contributed by atoms with Gasteiger partial charge in [0.1, 0.15) is 5.75 Å². The second-order valence-electron chi connectivity index (χ2n) is 6.86. The van der Waals surface area contributed by atoms with Crippen molar-refractivity contribution in [1.82, 2.24) is 9.80 Å². The lowest BCUT2D eigenvalue weighted by molar-refractivity contribution is -0.135. The van der Waals surface area contributed by atoms with Crippen LogP contribution in [0.1, 0.15) is 22.8 Å². The van der Waals surface area contributed by atoms with Crippen LogP contribution >= 0.6 is 0 Å². The van der Waals surface area contributed by atoms with Gasteiger partial charge in [-0.05, 0) is 36.8 Å². The van der Waals surface area contributed by atoms with E-state index in [2.05, 4.69) is 29.2 Å². The van der Waals surface area contributed by atoms with E-state index < -0.39 is 0 Å². The van der Waals surface area contributed by atoms with E-state index in [0.29, 0.717) is 24.4 Å². The van der Waals surface area contributed by atoms with E-state index >= 15 is 0 Å². The minimum atomic E-state index is -0.00452. The summed E-state index contributed by atoms with van der Waals surface area (Å²) in [5, 5.41) is 0. The smallest absolute Gasteiger partial charge is 0.260 e. The van der Waals surface area contributed by atoms with Crippen molar-refractivity contribution < 1.29 is 14.3 Å². The molecule has 0 unspecified atom stereocenters. The highest BCUT2D eigenvalue weighted by Crippen LogP contribution is 2.13. The summed E-state index contributed by atoms with van der Waals surface area (Å²) in [6, 6.07) is 17.1. The largest absolute Gasteiger partial charge is 0.484 e. The molecule has 0 bridgehead atoms. The van der Waals surface area contributed by atoms with Crippen LogP contribution in [0.5, 0.6) is 5.75 Å². The van der Waals surface area contributed by atoms with E-state index in [9.17, 15) is 9.59 Å². The average molecular weight is 378 g/mol. The Morgan fingerprint density at radius 3 is 2.29 bits per heavy atom. The zero-order valence-corrected chi connectivity index (χ0v) is 16.2. The molecule has 1 fully saturated rings. The predicted octanol–water partition coefficient (Wildman–Crippen LogP) is 3.13. The van der Waals surface area contributed by atoms with E-state index in [1.165, 1.54) is 12.5 Å². The number of benzene rings is 2. The van der Waals surface area contributed by atoms with Crippen LogP contribution in [0, 0.1) is 0 Å². The number of rotatable bonds is 7. The number of amides is 1. The molecule has 0 N–H and O–H groups in total. The standard InChI is InChI=1S/C23H26N2O3/c1-19(26)21-9-11-22(12-10-21)28-18-23(27)25-16-14-24(15-17-25)13-5-8-20-6-3-2-4-7-20/h2-12H,13-18H2,1H3. The highest BCUT2D eigenvalue weighted by Gasteiger charge is 2.20. The van der Waals surface area contributed by atoms with E-state index in [4.69, 9.17) is 4.74 Å². The van der Waals surface area contributed by atoms with Crippen LogP contribution < -0.4 is 4.74 Å². The van der Waals surface area contributed by atoms with Gasteiger partial charge in [0, 0.05) is 38.3 Å². The number of carbonyl (C=O) groups is 2. The van der Waals surface area contributed by atoms with Crippen molar-refractivity contribution in [1.29, 1.82) is 0 Å². The van der Waals surface area contributed by atoms with Crippen molar-refractivity contribution in [3.05, 3.63) is 71.8 Å². The summed E-state index contributed by atoms with van der Waals surface area (Å²) in [6.07, 6.45) is 4.30. The van der Waals surface area contributed by atoms with Crippen LogP contribution in [0.4, 0.5) is 0 Å². The normalized spacial score (nSPS) is 15.0. The first-order valence-electron chi connectivity index (χ1n) is 9.57. The molecule has 0 radical (unpaired) electrons. The summed E-state index contributed by atoms with van der Waals surface area (Å²) in [5.41, 5.74) is 1.83. The SMILES string of the molecule is CC(=O)c1ccc(OCC(=O)N2CCN(CC=Cc3ccccc3)CC2)cc1. The van der Waals surface area contributed by atoms with Gasteiger partial charge in [-0.2, -0.15) is 0 Å². The Kier molecular flexibility index (Phi) is 6.98. The summed E-state index contributed by atoms with van der Waals surface area (Å²) in [6.45, 7) is 5.57. The maximum absolute atomic E-state index is 12.4. The predicted molar refractivity (Wildman–Crippen MR) is 110 cm³/mol. The van der Waals surface area contributed by atoms with Crippen LogP contribution in [0.2, 0.25) is 0 Å². The first kappa shape index (κ1) is 19.8. The first-order chi connectivity index (χ1) is 13.6. The molecule has 1 aliphatic rings. The molecule has 0 aliphatic carbocycles. The topological polar surface area (TPSA) is 49.9 Å². The van der Waals surface area contributed by atoms with Gasteiger partial charge in [-0.3, -0.25) is 14.5 Å². The molecule has 5 heteroatoms. The highest BCUT2D eigenvalue weighted by atomic mass is 16.5. The van der Waals surface area contributed by atoms with E-state index in [0.717, 1.165) is 19.6 Å². The monoisotopic (exact) mass is 378 g/mol. The molecule has 0 spiro atoms. The number of Topliss-reactive ketones (excluding diaryl/α,β-unsaturated/α-hetero) is 1. The van der Waals surface area contributed by atoms with Gasteiger partial charge in [0.25, 0.3) is 5.91 Å². The maximum Gasteiger partial charge on any atom is 0.260 e. The van der Waals surface area contributed by atoms with Gasteiger partial charge in [0.05, 0.1) is 0 Å². The fourth-order valence-electron chi connectivity index (χ4n) is 3.10. The molecule has 1 amide bonds. The quantitative estimate of drug-likeness (QED) is 0.695. The fourth-order valence-corrected chi connectivity index (χ4v) is 3.10. The number of piperazine rings is 1. The summed E-state index contributed by atoms with van der Waals surface area (Å²) in [7, 11) is 0. The van der Waals surface area contributed by atoms with Crippen molar-refractivity contribution >= 4 is 17.8 Å². The zero-order chi connectivity index (χ0) is 19.8. The molecule has 5 nitrogen and oxygen atoms in total. The van der Waals surface area contributed by atoms with Crippen LogP contribution in [0.15, 0.2) is 60.7 Å².